The molecule has 0 aliphatic heterocycles. The molecule has 6 heteroatoms. The summed E-state index contributed by atoms with van der Waals surface area (Å²) in [6.07, 6.45) is 1.84. The van der Waals surface area contributed by atoms with Crippen LogP contribution in [0.15, 0.2) is 23.8 Å². The summed E-state index contributed by atoms with van der Waals surface area (Å²) in [6.45, 7) is 18.0. The third-order valence-electron chi connectivity index (χ3n) is 3.91. The average molecular weight is 343 g/mol. The van der Waals surface area contributed by atoms with Crippen molar-refractivity contribution in [3.8, 4) is 0 Å². The van der Waals surface area contributed by atoms with Gasteiger partial charge in [-0.25, -0.2) is 0 Å². The van der Waals surface area contributed by atoms with Gasteiger partial charge in [0.05, 0.1) is 6.61 Å². The molecule has 0 atom stereocenters. The van der Waals surface area contributed by atoms with Crippen molar-refractivity contribution >= 4 is 20.3 Å². The molecule has 0 aromatic rings. The van der Waals surface area contributed by atoms with Gasteiger partial charge in [-0.05, 0) is 29.3 Å². The van der Waals surface area contributed by atoms with Gasteiger partial charge in [-0.3, -0.25) is 9.59 Å². The number of ether oxygens (including phenoxy) is 2. The third-order valence-corrected chi connectivity index (χ3v) is 8.42. The monoisotopic (exact) mass is 342 g/mol. The van der Waals surface area contributed by atoms with Gasteiger partial charge in [0.1, 0.15) is 13.2 Å². The lowest BCUT2D eigenvalue weighted by atomic mass is 10.1. The maximum Gasteiger partial charge on any atom is 0.302 e. The molecule has 0 aliphatic rings. The highest BCUT2D eigenvalue weighted by Crippen LogP contribution is 2.36. The molecule has 132 valence electrons. The zero-order chi connectivity index (χ0) is 18.3. The number of hydrogen-bond acceptors (Lipinski definition) is 5. The number of carbonyl (C=O) groups excluding carboxylic acids is 2. The Morgan fingerprint density at radius 2 is 1.52 bits per heavy atom. The molecule has 0 fully saturated rings. The number of carbonyl (C=O) groups is 2. The van der Waals surface area contributed by atoms with Crippen molar-refractivity contribution in [3.05, 3.63) is 23.8 Å². The van der Waals surface area contributed by atoms with E-state index in [4.69, 9.17) is 13.9 Å². The number of rotatable bonds is 8. The highest BCUT2D eigenvalue weighted by atomic mass is 28.4. The Balaban J connectivity index is 4.88. The van der Waals surface area contributed by atoms with Crippen LogP contribution >= 0.6 is 0 Å². The van der Waals surface area contributed by atoms with E-state index in [9.17, 15) is 9.59 Å². The predicted octanol–water partition coefficient (Wildman–Crippen LogP) is 3.62. The van der Waals surface area contributed by atoms with Gasteiger partial charge < -0.3 is 13.9 Å². The second kappa shape index (κ2) is 9.03. The summed E-state index contributed by atoms with van der Waals surface area (Å²) in [7, 11) is -1.86. The van der Waals surface area contributed by atoms with Gasteiger partial charge in [0.2, 0.25) is 0 Å². The Morgan fingerprint density at radius 1 is 1.04 bits per heavy atom. The van der Waals surface area contributed by atoms with Crippen molar-refractivity contribution in [3.63, 3.8) is 0 Å². The first kappa shape index (κ1) is 21.6. The zero-order valence-electron chi connectivity index (χ0n) is 15.4. The Labute approximate surface area is 140 Å². The molecule has 0 bridgehead atoms. The van der Waals surface area contributed by atoms with Crippen LogP contribution in [0.1, 0.15) is 34.6 Å². The van der Waals surface area contributed by atoms with Crippen LogP contribution in [0.5, 0.6) is 0 Å². The van der Waals surface area contributed by atoms with E-state index in [1.165, 1.54) is 13.8 Å². The standard InChI is InChI=1S/C17H30O5Si/c1-13(11-20-14(2)18)16(12-21-15(3)19)9-10-22-23(7,8)17(4,5)6/h9H,1,10-12H2,2-8H3/b16-9+. The molecule has 0 aromatic heterocycles. The van der Waals surface area contributed by atoms with Gasteiger partial charge in [-0.1, -0.05) is 33.4 Å². The zero-order valence-corrected chi connectivity index (χ0v) is 16.4. The van der Waals surface area contributed by atoms with Crippen molar-refractivity contribution in [1.29, 1.82) is 0 Å². The topological polar surface area (TPSA) is 61.8 Å². The molecule has 0 heterocycles. The highest BCUT2D eigenvalue weighted by molar-refractivity contribution is 6.74. The number of esters is 2. The second-order valence-corrected chi connectivity index (χ2v) is 11.8. The summed E-state index contributed by atoms with van der Waals surface area (Å²) in [5.41, 5.74) is 1.31. The molecule has 0 unspecified atom stereocenters. The van der Waals surface area contributed by atoms with Crippen molar-refractivity contribution in [2.75, 3.05) is 19.8 Å². The van der Waals surface area contributed by atoms with Crippen molar-refractivity contribution < 1.29 is 23.5 Å². The molecule has 0 N–H and O–H groups in total. The molecule has 0 saturated heterocycles. The molecule has 0 saturated carbocycles. The maximum atomic E-state index is 11.0. The molecule has 0 radical (unpaired) electrons. The van der Waals surface area contributed by atoms with E-state index < -0.39 is 8.32 Å². The van der Waals surface area contributed by atoms with Crippen molar-refractivity contribution in [1.82, 2.24) is 0 Å². The molecular formula is C17H30O5Si. The normalized spacial score (nSPS) is 12.7. The van der Waals surface area contributed by atoms with E-state index >= 15 is 0 Å². The van der Waals surface area contributed by atoms with E-state index in [2.05, 4.69) is 40.4 Å². The van der Waals surface area contributed by atoms with E-state index in [0.29, 0.717) is 17.8 Å². The molecule has 0 spiro atoms. The van der Waals surface area contributed by atoms with Gasteiger partial charge in [0.15, 0.2) is 8.32 Å². The largest absolute Gasteiger partial charge is 0.461 e. The van der Waals surface area contributed by atoms with Gasteiger partial charge >= 0.3 is 11.9 Å². The number of hydrogen-bond donors (Lipinski definition) is 0. The van der Waals surface area contributed by atoms with E-state index in [1.54, 1.807) is 0 Å². The summed E-state index contributed by atoms with van der Waals surface area (Å²) < 4.78 is 16.1. The summed E-state index contributed by atoms with van der Waals surface area (Å²) in [6, 6.07) is 0. The smallest absolute Gasteiger partial charge is 0.302 e. The van der Waals surface area contributed by atoms with Crippen LogP contribution in [0.3, 0.4) is 0 Å². The molecule has 0 rings (SSSR count). The lowest BCUT2D eigenvalue weighted by molar-refractivity contribution is -0.141. The molecule has 0 aliphatic carbocycles. The average Bonchev–Trinajstić information content (AvgIpc) is 2.38. The Bertz CT molecular complexity index is 472. The molecular weight excluding hydrogens is 312 g/mol. The van der Waals surface area contributed by atoms with Crippen LogP contribution in [-0.2, 0) is 23.5 Å². The van der Waals surface area contributed by atoms with Crippen LogP contribution in [0.4, 0.5) is 0 Å². The minimum atomic E-state index is -1.86. The summed E-state index contributed by atoms with van der Waals surface area (Å²) in [4.78, 5) is 21.9. The van der Waals surface area contributed by atoms with Crippen LogP contribution in [0, 0.1) is 0 Å². The molecule has 0 amide bonds. The predicted molar refractivity (Wildman–Crippen MR) is 93.6 cm³/mol. The first-order chi connectivity index (χ1) is 10.4. The first-order valence-corrected chi connectivity index (χ1v) is 10.6. The maximum absolute atomic E-state index is 11.0. The van der Waals surface area contributed by atoms with Gasteiger partial charge in [0.25, 0.3) is 0 Å². The fraction of sp³-hybridized carbons (Fsp3) is 0.647. The van der Waals surface area contributed by atoms with Gasteiger partial charge in [-0.2, -0.15) is 0 Å². The lowest BCUT2D eigenvalue weighted by Gasteiger charge is -2.35. The quantitative estimate of drug-likeness (QED) is 0.383. The van der Waals surface area contributed by atoms with E-state index in [-0.39, 0.29) is 30.2 Å². The minimum absolute atomic E-state index is 0.0719. The Morgan fingerprint density at radius 3 is 1.96 bits per heavy atom. The van der Waals surface area contributed by atoms with Crippen molar-refractivity contribution in [2.45, 2.75) is 52.8 Å². The Kier molecular flexibility index (Phi) is 8.48. The SMILES string of the molecule is C=C(COC(C)=O)/C(=C/CO[Si](C)(C)C(C)(C)C)COC(C)=O. The van der Waals surface area contributed by atoms with Crippen LogP contribution < -0.4 is 0 Å². The van der Waals surface area contributed by atoms with Crippen LogP contribution in [-0.4, -0.2) is 40.1 Å². The fourth-order valence-corrected chi connectivity index (χ4v) is 2.27. The van der Waals surface area contributed by atoms with Crippen LogP contribution in [0.2, 0.25) is 18.1 Å². The minimum Gasteiger partial charge on any atom is -0.461 e. The summed E-state index contributed by atoms with van der Waals surface area (Å²) >= 11 is 0. The molecule has 23 heavy (non-hydrogen) atoms. The molecule has 0 aromatic carbocycles. The van der Waals surface area contributed by atoms with Gasteiger partial charge in [-0.15, -0.1) is 0 Å². The lowest BCUT2D eigenvalue weighted by Crippen LogP contribution is -2.40. The highest BCUT2D eigenvalue weighted by Gasteiger charge is 2.36. The first-order valence-electron chi connectivity index (χ1n) is 7.64. The fourth-order valence-electron chi connectivity index (χ4n) is 1.33. The molecule has 5 nitrogen and oxygen atoms in total. The second-order valence-electron chi connectivity index (χ2n) is 6.96. The summed E-state index contributed by atoms with van der Waals surface area (Å²) in [5.74, 6) is -0.753. The summed E-state index contributed by atoms with van der Waals surface area (Å²) in [5, 5.41) is 0.117. The van der Waals surface area contributed by atoms with Crippen LogP contribution in [0.25, 0.3) is 0 Å². The van der Waals surface area contributed by atoms with E-state index in [1.807, 2.05) is 6.08 Å². The third kappa shape index (κ3) is 8.71. The van der Waals surface area contributed by atoms with E-state index in [0.717, 1.165) is 0 Å². The van der Waals surface area contributed by atoms with Gasteiger partial charge in [0, 0.05) is 13.8 Å². The van der Waals surface area contributed by atoms with Crippen molar-refractivity contribution in [2.24, 2.45) is 0 Å². The Hall–Kier alpha value is -1.40.